The largest absolute Gasteiger partial charge is 0.480 e. The molecule has 0 bridgehead atoms. The van der Waals surface area contributed by atoms with Gasteiger partial charge in [0.15, 0.2) is 0 Å². The number of hydrogen-bond acceptors (Lipinski definition) is 2. The summed E-state index contributed by atoms with van der Waals surface area (Å²) in [6.45, 7) is 0.408. The molecule has 1 heterocycles. The van der Waals surface area contributed by atoms with Crippen LogP contribution in [0.5, 0.6) is 0 Å². The predicted molar refractivity (Wildman–Crippen MR) is 82.1 cm³/mol. The highest BCUT2D eigenvalue weighted by atomic mass is 35.5. The molecule has 1 aromatic rings. The number of carboxylic acids is 1. The highest BCUT2D eigenvalue weighted by Crippen LogP contribution is 2.30. The van der Waals surface area contributed by atoms with E-state index in [1.165, 1.54) is 4.90 Å². The highest BCUT2D eigenvalue weighted by molar-refractivity contribution is 6.39. The van der Waals surface area contributed by atoms with Gasteiger partial charge in [0.05, 0.1) is 15.7 Å². The zero-order valence-electron chi connectivity index (χ0n) is 11.3. The van der Waals surface area contributed by atoms with Gasteiger partial charge in [-0.1, -0.05) is 42.1 Å². The van der Waals surface area contributed by atoms with Crippen molar-refractivity contribution in [1.82, 2.24) is 4.90 Å². The van der Waals surface area contributed by atoms with Crippen molar-refractivity contribution in [3.63, 3.8) is 0 Å². The van der Waals surface area contributed by atoms with Gasteiger partial charge in [-0.25, -0.2) is 9.59 Å². The van der Waals surface area contributed by atoms with E-state index in [2.05, 4.69) is 5.32 Å². The second kappa shape index (κ2) is 7.00. The molecule has 1 saturated heterocycles. The van der Waals surface area contributed by atoms with Crippen molar-refractivity contribution in [2.24, 2.45) is 0 Å². The molecular formula is C14H16Cl2N2O3. The molecule has 114 valence electrons. The molecular weight excluding hydrogens is 315 g/mol. The number of hydrogen-bond donors (Lipinski definition) is 2. The van der Waals surface area contributed by atoms with Crippen molar-refractivity contribution in [3.8, 4) is 0 Å². The van der Waals surface area contributed by atoms with Gasteiger partial charge in [-0.05, 0) is 25.0 Å². The van der Waals surface area contributed by atoms with Gasteiger partial charge >= 0.3 is 12.0 Å². The Balaban J connectivity index is 2.19. The second-order valence-corrected chi connectivity index (χ2v) is 5.74. The van der Waals surface area contributed by atoms with Crippen molar-refractivity contribution in [2.45, 2.75) is 31.7 Å². The molecule has 2 N–H and O–H groups in total. The Kier molecular flexibility index (Phi) is 5.31. The van der Waals surface area contributed by atoms with Crippen LogP contribution in [-0.4, -0.2) is 34.6 Å². The van der Waals surface area contributed by atoms with Crippen molar-refractivity contribution in [3.05, 3.63) is 28.2 Å². The fourth-order valence-corrected chi connectivity index (χ4v) is 2.90. The first-order valence-corrected chi connectivity index (χ1v) is 7.50. The van der Waals surface area contributed by atoms with Gasteiger partial charge in [0, 0.05) is 6.54 Å². The zero-order chi connectivity index (χ0) is 15.4. The third-order valence-corrected chi connectivity index (χ3v) is 4.12. The van der Waals surface area contributed by atoms with E-state index in [9.17, 15) is 14.7 Å². The van der Waals surface area contributed by atoms with E-state index in [4.69, 9.17) is 23.2 Å². The first-order valence-electron chi connectivity index (χ1n) is 6.75. The summed E-state index contributed by atoms with van der Waals surface area (Å²) in [7, 11) is 0. The summed E-state index contributed by atoms with van der Waals surface area (Å²) in [5.41, 5.74) is 0.305. The molecule has 0 saturated carbocycles. The maximum atomic E-state index is 12.4. The Morgan fingerprint density at radius 1 is 1.19 bits per heavy atom. The van der Waals surface area contributed by atoms with Crippen LogP contribution in [0, 0.1) is 0 Å². The summed E-state index contributed by atoms with van der Waals surface area (Å²) in [6.07, 6.45) is 2.96. The monoisotopic (exact) mass is 330 g/mol. The van der Waals surface area contributed by atoms with E-state index in [0.29, 0.717) is 28.7 Å². The number of benzene rings is 1. The highest BCUT2D eigenvalue weighted by Gasteiger charge is 2.31. The third kappa shape index (κ3) is 3.80. The zero-order valence-corrected chi connectivity index (χ0v) is 12.8. The Hall–Kier alpha value is -1.46. The number of carbonyl (C=O) groups excluding carboxylic acids is 1. The quantitative estimate of drug-likeness (QED) is 0.865. The summed E-state index contributed by atoms with van der Waals surface area (Å²) in [6, 6.07) is 3.60. The van der Waals surface area contributed by atoms with Crippen LogP contribution in [-0.2, 0) is 4.79 Å². The van der Waals surface area contributed by atoms with Gasteiger partial charge in [-0.3, -0.25) is 0 Å². The van der Waals surface area contributed by atoms with Gasteiger partial charge in [-0.15, -0.1) is 0 Å². The van der Waals surface area contributed by atoms with Crippen molar-refractivity contribution >= 4 is 40.9 Å². The normalized spacial score (nSPS) is 19.0. The average Bonchev–Trinajstić information content (AvgIpc) is 2.68. The van der Waals surface area contributed by atoms with E-state index in [-0.39, 0.29) is 0 Å². The van der Waals surface area contributed by atoms with Gasteiger partial charge < -0.3 is 15.3 Å². The van der Waals surface area contributed by atoms with Crippen LogP contribution in [0.3, 0.4) is 0 Å². The molecule has 1 aliphatic heterocycles. The van der Waals surface area contributed by atoms with Crippen molar-refractivity contribution in [2.75, 3.05) is 11.9 Å². The maximum absolute atomic E-state index is 12.4. The van der Waals surface area contributed by atoms with Crippen LogP contribution in [0.25, 0.3) is 0 Å². The molecule has 21 heavy (non-hydrogen) atoms. The number of para-hydroxylation sites is 1. The molecule has 1 aliphatic rings. The number of likely N-dealkylation sites (tertiary alicyclic amines) is 1. The molecule has 2 amide bonds. The Bertz CT molecular complexity index is 531. The summed E-state index contributed by atoms with van der Waals surface area (Å²) < 4.78 is 0. The molecule has 0 radical (unpaired) electrons. The average molecular weight is 331 g/mol. The number of carboxylic acid groups (broad SMARTS) is 1. The number of aliphatic carboxylic acids is 1. The lowest BCUT2D eigenvalue weighted by molar-refractivity contribution is -0.142. The van der Waals surface area contributed by atoms with Crippen LogP contribution in [0.1, 0.15) is 25.7 Å². The summed E-state index contributed by atoms with van der Waals surface area (Å²) in [5.74, 6) is -0.989. The minimum Gasteiger partial charge on any atom is -0.480 e. The first kappa shape index (κ1) is 15.9. The standard InChI is InChI=1S/C14H16Cl2N2O3/c15-9-5-4-6-10(16)12(9)17-14(21)18-8-3-1-2-7-11(18)13(19)20/h4-6,11H,1-3,7-8H2,(H,17,21)(H,19,20). The van der Waals surface area contributed by atoms with Crippen molar-refractivity contribution in [1.29, 1.82) is 0 Å². The third-order valence-electron chi connectivity index (χ3n) is 3.49. The SMILES string of the molecule is O=C(O)C1CCCCCN1C(=O)Nc1c(Cl)cccc1Cl. The van der Waals surface area contributed by atoms with Crippen LogP contribution in [0.4, 0.5) is 10.5 Å². The van der Waals surface area contributed by atoms with Gasteiger partial charge in [-0.2, -0.15) is 0 Å². The van der Waals surface area contributed by atoms with E-state index in [0.717, 1.165) is 19.3 Å². The van der Waals surface area contributed by atoms with Crippen LogP contribution in [0.2, 0.25) is 10.0 Å². The van der Waals surface area contributed by atoms with E-state index in [1.807, 2.05) is 0 Å². The number of halogens is 2. The first-order chi connectivity index (χ1) is 10.0. The van der Waals surface area contributed by atoms with E-state index >= 15 is 0 Å². The van der Waals surface area contributed by atoms with Crippen LogP contribution in [0.15, 0.2) is 18.2 Å². The minimum atomic E-state index is -0.989. The molecule has 1 atom stereocenters. The van der Waals surface area contributed by atoms with E-state index < -0.39 is 18.0 Å². The molecule has 0 aromatic heterocycles. The number of nitrogens with one attached hydrogen (secondary N) is 1. The topological polar surface area (TPSA) is 69.6 Å². The number of urea groups is 1. The van der Waals surface area contributed by atoms with Gasteiger partial charge in [0.25, 0.3) is 0 Å². The fourth-order valence-electron chi connectivity index (χ4n) is 2.40. The Morgan fingerprint density at radius 3 is 2.48 bits per heavy atom. The van der Waals surface area contributed by atoms with Crippen molar-refractivity contribution < 1.29 is 14.7 Å². The molecule has 0 aliphatic carbocycles. The fraction of sp³-hybridized carbons (Fsp3) is 0.429. The lowest BCUT2D eigenvalue weighted by Gasteiger charge is -2.27. The lowest BCUT2D eigenvalue weighted by atomic mass is 10.1. The molecule has 7 heteroatoms. The predicted octanol–water partition coefficient (Wildman–Crippen LogP) is 3.85. The number of carbonyl (C=O) groups is 2. The number of rotatable bonds is 2. The summed E-state index contributed by atoms with van der Waals surface area (Å²) in [4.78, 5) is 25.1. The summed E-state index contributed by atoms with van der Waals surface area (Å²) >= 11 is 12.0. The van der Waals surface area contributed by atoms with Crippen LogP contribution >= 0.6 is 23.2 Å². The molecule has 1 aromatic carbocycles. The van der Waals surface area contributed by atoms with E-state index in [1.54, 1.807) is 18.2 Å². The molecule has 5 nitrogen and oxygen atoms in total. The number of anilines is 1. The minimum absolute atomic E-state index is 0.305. The molecule has 1 fully saturated rings. The number of nitrogens with zero attached hydrogens (tertiary/aromatic N) is 1. The number of amides is 2. The second-order valence-electron chi connectivity index (χ2n) is 4.92. The Labute approximate surface area is 132 Å². The Morgan fingerprint density at radius 2 is 1.86 bits per heavy atom. The maximum Gasteiger partial charge on any atom is 0.326 e. The molecule has 2 rings (SSSR count). The molecule has 0 spiro atoms. The van der Waals surface area contributed by atoms with Gasteiger partial charge in [0.1, 0.15) is 6.04 Å². The van der Waals surface area contributed by atoms with Crippen LogP contribution < -0.4 is 5.32 Å². The smallest absolute Gasteiger partial charge is 0.326 e. The lowest BCUT2D eigenvalue weighted by Crippen LogP contribution is -2.46. The summed E-state index contributed by atoms with van der Waals surface area (Å²) in [5, 5.41) is 12.5. The van der Waals surface area contributed by atoms with Gasteiger partial charge in [0.2, 0.25) is 0 Å². The molecule has 1 unspecified atom stereocenters.